The van der Waals surface area contributed by atoms with Crippen LogP contribution in [0.15, 0.2) is 22.7 Å². The molecule has 5 nitrogen and oxygen atoms in total. The van der Waals surface area contributed by atoms with E-state index >= 15 is 0 Å². The van der Waals surface area contributed by atoms with Crippen LogP contribution in [0.2, 0.25) is 0 Å². The van der Waals surface area contributed by atoms with Crippen molar-refractivity contribution >= 4 is 27.3 Å². The van der Waals surface area contributed by atoms with E-state index in [0.717, 1.165) is 29.8 Å². The van der Waals surface area contributed by atoms with Crippen molar-refractivity contribution in [1.82, 2.24) is 5.32 Å². The van der Waals surface area contributed by atoms with Gasteiger partial charge in [-0.15, -0.1) is 0 Å². The van der Waals surface area contributed by atoms with Gasteiger partial charge < -0.3 is 10.6 Å². The number of benzene rings is 1. The summed E-state index contributed by atoms with van der Waals surface area (Å²) in [5.74, 6) is 0.636. The number of hydrogen-bond acceptors (Lipinski definition) is 4. The molecule has 0 spiro atoms. The summed E-state index contributed by atoms with van der Waals surface area (Å²) < 4.78 is 0.734. The van der Waals surface area contributed by atoms with Gasteiger partial charge in [0.05, 0.1) is 4.92 Å². The molecule has 1 aromatic carbocycles. The molecule has 92 valence electrons. The van der Waals surface area contributed by atoms with Gasteiger partial charge in [-0.2, -0.15) is 0 Å². The Morgan fingerprint density at radius 2 is 2.41 bits per heavy atom. The van der Waals surface area contributed by atoms with Crippen LogP contribution >= 0.6 is 15.9 Å². The minimum Gasteiger partial charge on any atom is -0.384 e. The first kappa shape index (κ1) is 12.3. The molecular formula is C11H14BrN3O2. The van der Waals surface area contributed by atoms with Crippen molar-refractivity contribution in [3.8, 4) is 0 Å². The third-order valence-corrected chi connectivity index (χ3v) is 3.56. The van der Waals surface area contributed by atoms with Gasteiger partial charge in [0.15, 0.2) is 0 Å². The Morgan fingerprint density at radius 1 is 1.59 bits per heavy atom. The molecule has 1 heterocycles. The quantitative estimate of drug-likeness (QED) is 0.662. The number of nitrogens with one attached hydrogen (secondary N) is 2. The highest BCUT2D eigenvalue weighted by Gasteiger charge is 2.15. The number of non-ortho nitro benzene ring substituents is 1. The van der Waals surface area contributed by atoms with Crippen LogP contribution in [-0.4, -0.2) is 24.6 Å². The Labute approximate surface area is 108 Å². The first-order valence-corrected chi connectivity index (χ1v) is 6.34. The Balaban J connectivity index is 1.98. The van der Waals surface area contributed by atoms with Crippen molar-refractivity contribution in [3.63, 3.8) is 0 Å². The maximum atomic E-state index is 10.6. The minimum absolute atomic E-state index is 0.102. The first-order valence-electron chi connectivity index (χ1n) is 5.55. The molecule has 0 amide bonds. The van der Waals surface area contributed by atoms with Gasteiger partial charge in [0.25, 0.3) is 5.69 Å². The highest BCUT2D eigenvalue weighted by Crippen LogP contribution is 2.27. The molecule has 0 radical (unpaired) electrons. The van der Waals surface area contributed by atoms with Crippen molar-refractivity contribution in [3.05, 3.63) is 32.8 Å². The molecule has 2 N–H and O–H groups in total. The largest absolute Gasteiger partial charge is 0.384 e. The Kier molecular flexibility index (Phi) is 3.96. The lowest BCUT2D eigenvalue weighted by atomic mass is 10.1. The zero-order valence-corrected chi connectivity index (χ0v) is 10.9. The SMILES string of the molecule is O=[N+]([O-])c1ccc(NCC2CCNC2)c(Br)c1. The van der Waals surface area contributed by atoms with Crippen LogP contribution in [0.3, 0.4) is 0 Å². The lowest BCUT2D eigenvalue weighted by molar-refractivity contribution is -0.384. The lowest BCUT2D eigenvalue weighted by Crippen LogP contribution is -2.17. The van der Waals surface area contributed by atoms with E-state index in [2.05, 4.69) is 26.6 Å². The van der Waals surface area contributed by atoms with Crippen LogP contribution in [0.4, 0.5) is 11.4 Å². The molecule has 1 atom stereocenters. The summed E-state index contributed by atoms with van der Waals surface area (Å²) in [4.78, 5) is 10.2. The standard InChI is InChI=1S/C11H14BrN3O2/c12-10-5-9(15(16)17)1-2-11(10)14-7-8-3-4-13-6-8/h1-2,5,8,13-14H,3-4,6-7H2. The highest BCUT2D eigenvalue weighted by atomic mass is 79.9. The molecule has 1 fully saturated rings. The monoisotopic (exact) mass is 299 g/mol. The summed E-state index contributed by atoms with van der Waals surface area (Å²) in [6, 6.07) is 4.78. The zero-order valence-electron chi connectivity index (χ0n) is 9.28. The number of anilines is 1. The second kappa shape index (κ2) is 5.46. The van der Waals surface area contributed by atoms with Crippen LogP contribution in [0, 0.1) is 16.0 Å². The summed E-state index contributed by atoms with van der Waals surface area (Å²) in [5, 5.41) is 17.2. The molecule has 6 heteroatoms. The maximum absolute atomic E-state index is 10.6. The lowest BCUT2D eigenvalue weighted by Gasteiger charge is -2.12. The smallest absolute Gasteiger partial charge is 0.270 e. The first-order chi connectivity index (χ1) is 8.16. The molecule has 1 aromatic rings. The van der Waals surface area contributed by atoms with E-state index in [1.165, 1.54) is 18.6 Å². The van der Waals surface area contributed by atoms with Gasteiger partial charge in [0.2, 0.25) is 0 Å². The number of nitro benzene ring substituents is 1. The molecule has 1 saturated heterocycles. The second-order valence-electron chi connectivity index (χ2n) is 4.16. The van der Waals surface area contributed by atoms with E-state index < -0.39 is 4.92 Å². The van der Waals surface area contributed by atoms with Crippen LogP contribution in [-0.2, 0) is 0 Å². The number of halogens is 1. The summed E-state index contributed by atoms with van der Waals surface area (Å²) in [6.07, 6.45) is 1.18. The number of nitro groups is 1. The van der Waals surface area contributed by atoms with E-state index in [4.69, 9.17) is 0 Å². The molecule has 0 saturated carbocycles. The van der Waals surface area contributed by atoms with Crippen LogP contribution in [0.1, 0.15) is 6.42 Å². The fraction of sp³-hybridized carbons (Fsp3) is 0.455. The van der Waals surface area contributed by atoms with Crippen molar-refractivity contribution in [2.45, 2.75) is 6.42 Å². The molecule has 0 bridgehead atoms. The summed E-state index contributed by atoms with van der Waals surface area (Å²) in [5.41, 5.74) is 1.01. The predicted molar refractivity (Wildman–Crippen MR) is 70.3 cm³/mol. The zero-order chi connectivity index (χ0) is 12.3. The van der Waals surface area contributed by atoms with Crippen molar-refractivity contribution < 1.29 is 4.92 Å². The third-order valence-electron chi connectivity index (χ3n) is 2.91. The molecule has 1 unspecified atom stereocenters. The topological polar surface area (TPSA) is 67.2 Å². The van der Waals surface area contributed by atoms with Crippen LogP contribution in [0.25, 0.3) is 0 Å². The van der Waals surface area contributed by atoms with Gasteiger partial charge in [0.1, 0.15) is 0 Å². The van der Waals surface area contributed by atoms with Gasteiger partial charge in [-0.1, -0.05) is 0 Å². The average Bonchev–Trinajstić information content (AvgIpc) is 2.80. The molecule has 0 aliphatic carbocycles. The van der Waals surface area contributed by atoms with Gasteiger partial charge >= 0.3 is 0 Å². The predicted octanol–water partition coefficient (Wildman–Crippen LogP) is 2.38. The summed E-state index contributed by atoms with van der Waals surface area (Å²) in [6.45, 7) is 3.01. The van der Waals surface area contributed by atoms with E-state index in [0.29, 0.717) is 5.92 Å². The van der Waals surface area contributed by atoms with Gasteiger partial charge in [-0.3, -0.25) is 10.1 Å². The van der Waals surface area contributed by atoms with E-state index in [1.54, 1.807) is 6.07 Å². The van der Waals surface area contributed by atoms with Crippen LogP contribution < -0.4 is 10.6 Å². The molecule has 1 aliphatic heterocycles. The molecule has 17 heavy (non-hydrogen) atoms. The minimum atomic E-state index is -0.393. The summed E-state index contributed by atoms with van der Waals surface area (Å²) in [7, 11) is 0. The third kappa shape index (κ3) is 3.17. The van der Waals surface area contributed by atoms with Crippen molar-refractivity contribution in [1.29, 1.82) is 0 Å². The Bertz CT molecular complexity index is 419. The maximum Gasteiger partial charge on any atom is 0.270 e. The fourth-order valence-corrected chi connectivity index (χ4v) is 2.41. The number of nitrogens with zero attached hydrogens (tertiary/aromatic N) is 1. The van der Waals surface area contributed by atoms with Crippen molar-refractivity contribution in [2.75, 3.05) is 25.0 Å². The highest BCUT2D eigenvalue weighted by molar-refractivity contribution is 9.10. The molecule has 2 rings (SSSR count). The average molecular weight is 300 g/mol. The van der Waals surface area contributed by atoms with Crippen LogP contribution in [0.5, 0.6) is 0 Å². The second-order valence-corrected chi connectivity index (χ2v) is 5.02. The summed E-state index contributed by atoms with van der Waals surface area (Å²) >= 11 is 3.34. The normalized spacial score (nSPS) is 19.2. The number of hydrogen-bond donors (Lipinski definition) is 2. The van der Waals surface area contributed by atoms with E-state index in [-0.39, 0.29) is 5.69 Å². The van der Waals surface area contributed by atoms with Gasteiger partial charge in [-0.25, -0.2) is 0 Å². The van der Waals surface area contributed by atoms with E-state index in [1.807, 2.05) is 0 Å². The van der Waals surface area contributed by atoms with E-state index in [9.17, 15) is 10.1 Å². The fourth-order valence-electron chi connectivity index (χ4n) is 1.90. The molecule has 1 aliphatic rings. The van der Waals surface area contributed by atoms with Gasteiger partial charge in [0, 0.05) is 28.8 Å². The van der Waals surface area contributed by atoms with Crippen molar-refractivity contribution in [2.24, 2.45) is 5.92 Å². The Morgan fingerprint density at radius 3 is 3.00 bits per heavy atom. The van der Waals surface area contributed by atoms with Gasteiger partial charge in [-0.05, 0) is 47.4 Å². The number of rotatable bonds is 4. The molecule has 0 aromatic heterocycles. The molecular weight excluding hydrogens is 286 g/mol. The Hall–Kier alpha value is -1.14.